The Hall–Kier alpha value is -3.52. The summed E-state index contributed by atoms with van der Waals surface area (Å²) in [6, 6.07) is 12.8. The molecule has 0 saturated heterocycles. The molecule has 1 aromatic carbocycles. The van der Waals surface area contributed by atoms with Crippen molar-refractivity contribution in [2.75, 3.05) is 19.9 Å². The quantitative estimate of drug-likeness (QED) is 0.474. The Labute approximate surface area is 184 Å². The lowest BCUT2D eigenvalue weighted by Crippen LogP contribution is -2.42. The van der Waals surface area contributed by atoms with Gasteiger partial charge in [-0.1, -0.05) is 18.2 Å². The van der Waals surface area contributed by atoms with Crippen molar-refractivity contribution >= 4 is 23.2 Å². The third-order valence-electron chi connectivity index (χ3n) is 4.78. The van der Waals surface area contributed by atoms with E-state index in [-0.39, 0.29) is 37.5 Å². The van der Waals surface area contributed by atoms with Gasteiger partial charge in [-0.05, 0) is 41.3 Å². The lowest BCUT2D eigenvalue weighted by Gasteiger charge is -2.26. The maximum absolute atomic E-state index is 13.3. The maximum Gasteiger partial charge on any atom is 0.290 e. The third kappa shape index (κ3) is 4.97. The zero-order chi connectivity index (χ0) is 21.6. The molecule has 0 N–H and O–H groups in total. The molecule has 1 aliphatic heterocycles. The van der Waals surface area contributed by atoms with Crippen LogP contribution in [0.1, 0.15) is 21.0 Å². The van der Waals surface area contributed by atoms with Crippen molar-refractivity contribution in [3.8, 4) is 11.5 Å². The molecule has 2 amide bonds. The molecule has 3 aromatic rings. The number of hydrogen-bond acceptors (Lipinski definition) is 6. The standard InChI is InChI=1S/C23H22N2O5S/c1-2-9-24(23(27)20-6-3-10-28-20)15-22(26)25(14-18-5-4-11-31-18)13-17-7-8-19-21(12-17)30-16-29-19/h2-8,10-12H,1,9,13-16H2. The molecule has 0 aliphatic carbocycles. The smallest absolute Gasteiger partial charge is 0.290 e. The lowest BCUT2D eigenvalue weighted by atomic mass is 10.2. The number of furan rings is 1. The van der Waals surface area contributed by atoms with Gasteiger partial charge in [0, 0.05) is 18.0 Å². The van der Waals surface area contributed by atoms with Crippen LogP contribution in [0.5, 0.6) is 11.5 Å². The molecule has 0 bridgehead atoms. The summed E-state index contributed by atoms with van der Waals surface area (Å²) in [5.74, 6) is 1.03. The number of fused-ring (bicyclic) bond motifs is 1. The van der Waals surface area contributed by atoms with Crippen molar-refractivity contribution in [1.82, 2.24) is 9.80 Å². The van der Waals surface area contributed by atoms with Gasteiger partial charge in [0.2, 0.25) is 12.7 Å². The van der Waals surface area contributed by atoms with Crippen molar-refractivity contribution in [2.24, 2.45) is 0 Å². The first kappa shape index (κ1) is 20.7. The molecule has 0 fully saturated rings. The van der Waals surface area contributed by atoms with Gasteiger partial charge in [0.25, 0.3) is 5.91 Å². The van der Waals surface area contributed by atoms with Crippen molar-refractivity contribution < 1.29 is 23.5 Å². The van der Waals surface area contributed by atoms with Crippen LogP contribution in [-0.4, -0.2) is 41.5 Å². The minimum absolute atomic E-state index is 0.0819. The lowest BCUT2D eigenvalue weighted by molar-refractivity contribution is -0.133. The van der Waals surface area contributed by atoms with Gasteiger partial charge < -0.3 is 23.7 Å². The number of benzene rings is 1. The molecular weight excluding hydrogens is 416 g/mol. The van der Waals surface area contributed by atoms with Crippen LogP contribution in [0.25, 0.3) is 0 Å². The van der Waals surface area contributed by atoms with Crippen LogP contribution in [0, 0.1) is 0 Å². The number of ether oxygens (including phenoxy) is 2. The zero-order valence-corrected chi connectivity index (χ0v) is 17.7. The molecule has 0 atom stereocenters. The Morgan fingerprint density at radius 1 is 1.06 bits per heavy atom. The maximum atomic E-state index is 13.3. The normalized spacial score (nSPS) is 11.9. The van der Waals surface area contributed by atoms with Crippen LogP contribution < -0.4 is 9.47 Å². The molecule has 31 heavy (non-hydrogen) atoms. The topological polar surface area (TPSA) is 72.2 Å². The van der Waals surface area contributed by atoms with Crippen molar-refractivity contribution in [1.29, 1.82) is 0 Å². The average Bonchev–Trinajstić information content (AvgIpc) is 3.54. The highest BCUT2D eigenvalue weighted by Gasteiger charge is 2.24. The van der Waals surface area contributed by atoms with E-state index in [1.807, 2.05) is 35.7 Å². The van der Waals surface area contributed by atoms with E-state index in [0.717, 1.165) is 10.4 Å². The van der Waals surface area contributed by atoms with Gasteiger partial charge in [-0.2, -0.15) is 0 Å². The van der Waals surface area contributed by atoms with E-state index in [0.29, 0.717) is 24.6 Å². The summed E-state index contributed by atoms with van der Waals surface area (Å²) in [6.45, 7) is 4.88. The Kier molecular flexibility index (Phi) is 6.37. The molecule has 4 rings (SSSR count). The fraction of sp³-hybridized carbons (Fsp3) is 0.217. The number of carbonyl (C=O) groups excluding carboxylic acids is 2. The predicted molar refractivity (Wildman–Crippen MR) is 116 cm³/mol. The van der Waals surface area contributed by atoms with Crippen LogP contribution in [0.2, 0.25) is 0 Å². The predicted octanol–water partition coefficient (Wildman–Crippen LogP) is 3.93. The fourth-order valence-corrected chi connectivity index (χ4v) is 4.00. The second kappa shape index (κ2) is 9.53. The summed E-state index contributed by atoms with van der Waals surface area (Å²) in [6.07, 6.45) is 3.03. The van der Waals surface area contributed by atoms with Crippen molar-refractivity contribution in [3.63, 3.8) is 0 Å². The van der Waals surface area contributed by atoms with E-state index in [9.17, 15) is 9.59 Å². The van der Waals surface area contributed by atoms with Crippen LogP contribution in [-0.2, 0) is 17.9 Å². The fourth-order valence-electron chi connectivity index (χ4n) is 3.28. The van der Waals surface area contributed by atoms with E-state index in [1.165, 1.54) is 11.2 Å². The van der Waals surface area contributed by atoms with Crippen molar-refractivity contribution in [3.05, 3.63) is 83.0 Å². The van der Waals surface area contributed by atoms with Gasteiger partial charge in [-0.25, -0.2) is 0 Å². The number of nitrogens with zero attached hydrogens (tertiary/aromatic N) is 2. The Bertz CT molecular complexity index is 1050. The number of thiophene rings is 1. The van der Waals surface area contributed by atoms with Gasteiger partial charge >= 0.3 is 0 Å². The molecule has 0 spiro atoms. The van der Waals surface area contributed by atoms with Gasteiger partial charge in [0.1, 0.15) is 6.54 Å². The second-order valence-electron chi connectivity index (χ2n) is 6.97. The summed E-state index contributed by atoms with van der Waals surface area (Å²) in [5.41, 5.74) is 0.918. The highest BCUT2D eigenvalue weighted by Crippen LogP contribution is 2.33. The van der Waals surface area contributed by atoms with E-state index in [4.69, 9.17) is 13.9 Å². The number of rotatable bonds is 9. The molecule has 0 radical (unpaired) electrons. The summed E-state index contributed by atoms with van der Waals surface area (Å²) in [7, 11) is 0. The third-order valence-corrected chi connectivity index (χ3v) is 5.65. The molecule has 2 aromatic heterocycles. The van der Waals surface area contributed by atoms with E-state index in [1.54, 1.807) is 34.4 Å². The monoisotopic (exact) mass is 438 g/mol. The molecule has 1 aliphatic rings. The van der Waals surface area contributed by atoms with Crippen LogP contribution in [0.3, 0.4) is 0 Å². The highest BCUT2D eigenvalue weighted by atomic mass is 32.1. The summed E-state index contributed by atoms with van der Waals surface area (Å²) < 4.78 is 16.0. The molecule has 0 unspecified atom stereocenters. The van der Waals surface area contributed by atoms with E-state index >= 15 is 0 Å². The van der Waals surface area contributed by atoms with Crippen molar-refractivity contribution in [2.45, 2.75) is 13.1 Å². The van der Waals surface area contributed by atoms with Gasteiger partial charge in [0.05, 0.1) is 12.8 Å². The number of hydrogen-bond donors (Lipinski definition) is 0. The molecular formula is C23H22N2O5S. The summed E-state index contributed by atoms with van der Waals surface area (Å²) >= 11 is 1.58. The van der Waals surface area contributed by atoms with Crippen LogP contribution in [0.4, 0.5) is 0 Å². The van der Waals surface area contributed by atoms with Crippen LogP contribution in [0.15, 0.2) is 71.2 Å². The Morgan fingerprint density at radius 3 is 2.68 bits per heavy atom. The average molecular weight is 439 g/mol. The molecule has 7 nitrogen and oxygen atoms in total. The minimum Gasteiger partial charge on any atom is -0.459 e. The SMILES string of the molecule is C=CCN(CC(=O)N(Cc1ccc2c(c1)OCO2)Cc1cccs1)C(=O)c1ccco1. The minimum atomic E-state index is -0.350. The van der Waals surface area contributed by atoms with Crippen LogP contribution >= 0.6 is 11.3 Å². The molecule has 0 saturated carbocycles. The van der Waals surface area contributed by atoms with E-state index < -0.39 is 0 Å². The molecule has 8 heteroatoms. The Morgan fingerprint density at radius 2 is 1.94 bits per heavy atom. The first-order valence-corrected chi connectivity index (χ1v) is 10.6. The largest absolute Gasteiger partial charge is 0.459 e. The first-order chi connectivity index (χ1) is 15.1. The molecule has 160 valence electrons. The van der Waals surface area contributed by atoms with Gasteiger partial charge in [-0.15, -0.1) is 17.9 Å². The first-order valence-electron chi connectivity index (χ1n) is 9.76. The summed E-state index contributed by atoms with van der Waals surface area (Å²) in [4.78, 5) is 30.2. The molecule has 3 heterocycles. The summed E-state index contributed by atoms with van der Waals surface area (Å²) in [5, 5.41) is 1.98. The van der Waals surface area contributed by atoms with Gasteiger partial charge in [0.15, 0.2) is 17.3 Å². The number of amides is 2. The van der Waals surface area contributed by atoms with Gasteiger partial charge in [-0.3, -0.25) is 9.59 Å². The number of carbonyl (C=O) groups is 2. The highest BCUT2D eigenvalue weighted by molar-refractivity contribution is 7.09. The second-order valence-corrected chi connectivity index (χ2v) is 8.00. The zero-order valence-electron chi connectivity index (χ0n) is 16.9. The van der Waals surface area contributed by atoms with E-state index in [2.05, 4.69) is 6.58 Å². The Balaban J connectivity index is 1.52.